The van der Waals surface area contributed by atoms with Gasteiger partial charge in [-0.2, -0.15) is 0 Å². The Kier molecular flexibility index (Phi) is 3.04. The molecule has 0 radical (unpaired) electrons. The molecular weight excluding hydrogens is 323 g/mol. The first-order chi connectivity index (χ1) is 7.65. The molecule has 6 nitrogen and oxygen atoms in total. The molecule has 0 spiro atoms. The summed E-state index contributed by atoms with van der Waals surface area (Å²) in [5.74, 6) is -0.514. The Morgan fingerprint density at radius 1 is 1.50 bits per heavy atom. The van der Waals surface area contributed by atoms with Crippen LogP contribution in [0.3, 0.4) is 0 Å². The van der Waals surface area contributed by atoms with E-state index in [1.807, 2.05) is 0 Å². The molecule has 2 rings (SSSR count). The molecule has 7 heteroatoms. The van der Waals surface area contributed by atoms with E-state index < -0.39 is 27.4 Å². The number of nitrogens with one attached hydrogen (secondary N) is 1. The minimum atomic E-state index is -0.965. The van der Waals surface area contributed by atoms with Gasteiger partial charge < -0.3 is 0 Å². The number of hydrogen-bond acceptors (Lipinski definition) is 5. The molecule has 0 amide bonds. The Bertz CT molecular complexity index is 498. The van der Waals surface area contributed by atoms with Crippen molar-refractivity contribution in [1.82, 2.24) is 0 Å². The van der Waals surface area contributed by atoms with E-state index in [1.54, 1.807) is 12.1 Å². The fourth-order valence-electron chi connectivity index (χ4n) is 1.13. The quantitative estimate of drug-likeness (QED) is 0.412. The number of anilines is 1. The van der Waals surface area contributed by atoms with Gasteiger partial charge in [0.25, 0.3) is 0 Å². The van der Waals surface area contributed by atoms with Gasteiger partial charge in [-0.05, 0) is 0 Å². The molecule has 0 bridgehead atoms. The Morgan fingerprint density at radius 2 is 2.31 bits per heavy atom. The topological polar surface area (TPSA) is 100 Å². The monoisotopic (exact) mass is 331 g/mol. The van der Waals surface area contributed by atoms with Crippen LogP contribution in [-0.2, 0) is 0 Å². The molecule has 0 unspecified atom stereocenters. The predicted octanol–water partition coefficient (Wildman–Crippen LogP) is -2.51. The fraction of sp³-hybridized carbons (Fsp3) is 0. The van der Waals surface area contributed by atoms with Crippen LogP contribution in [-0.4, -0.2) is 20.9 Å². The van der Waals surface area contributed by atoms with Gasteiger partial charge in [0.1, 0.15) is 0 Å². The second-order valence-corrected chi connectivity index (χ2v) is 5.01. The van der Waals surface area contributed by atoms with Crippen molar-refractivity contribution in [2.24, 2.45) is 13.9 Å². The molecule has 0 aliphatic carbocycles. The summed E-state index contributed by atoms with van der Waals surface area (Å²) in [4.78, 5) is 14.7. The van der Waals surface area contributed by atoms with E-state index >= 15 is 0 Å². The number of aliphatic imine (C=N–C) groups is 1. The van der Waals surface area contributed by atoms with Crippen molar-refractivity contribution in [3.8, 4) is 0 Å². The minimum absolute atomic E-state index is 0.218. The average Bonchev–Trinajstić information content (AvgIpc) is 2.64. The molecular formula is C9H8IN4O2-. The first kappa shape index (κ1) is 10.9. The summed E-state index contributed by atoms with van der Waals surface area (Å²) in [6, 6.07) is 6.45. The number of carbonyl (C=O) groups is 1. The normalized spacial score (nSPS) is 14.8. The number of amidine groups is 1. The van der Waals surface area contributed by atoms with E-state index in [2.05, 4.69) is 13.5 Å². The van der Waals surface area contributed by atoms with E-state index in [0.717, 1.165) is 0 Å². The van der Waals surface area contributed by atoms with Crippen molar-refractivity contribution in [1.29, 1.82) is 0 Å². The van der Waals surface area contributed by atoms with Crippen LogP contribution in [0, 0.1) is 0 Å². The number of rotatable bonds is 2. The number of nitrogens with zero attached hydrogens (tertiary/aromatic N) is 2. The summed E-state index contributed by atoms with van der Waals surface area (Å²) >= 11 is -0.543. The van der Waals surface area contributed by atoms with Gasteiger partial charge in [0.2, 0.25) is 0 Å². The van der Waals surface area contributed by atoms with Crippen molar-refractivity contribution in [2.75, 3.05) is 5.32 Å². The Hall–Kier alpha value is -1.64. The summed E-state index contributed by atoms with van der Waals surface area (Å²) in [5.41, 5.74) is 6.36. The third-order valence-corrected chi connectivity index (χ3v) is 3.22. The van der Waals surface area contributed by atoms with Crippen molar-refractivity contribution in [3.63, 3.8) is 0 Å². The Balaban J connectivity index is 2.16. The van der Waals surface area contributed by atoms with Gasteiger partial charge in [-0.25, -0.2) is 0 Å². The standard InChI is InChI=1S/C9H8IN4O2/c11-8-10-14-9(13-8)12-6-3-1-2-5(4-6)7(15)16/h1-4H,(H,15,16)(H3,11,12,13,14)/q-1. The molecule has 16 heavy (non-hydrogen) atoms. The van der Waals surface area contributed by atoms with Crippen molar-refractivity contribution < 1.29 is 31.4 Å². The van der Waals surface area contributed by atoms with Crippen LogP contribution in [0.5, 0.6) is 0 Å². The molecule has 1 aliphatic heterocycles. The zero-order valence-corrected chi connectivity index (χ0v) is 10.2. The fourth-order valence-corrected chi connectivity index (χ4v) is 2.17. The van der Waals surface area contributed by atoms with Crippen LogP contribution in [0.1, 0.15) is 10.4 Å². The van der Waals surface area contributed by atoms with Gasteiger partial charge in [-0.1, -0.05) is 0 Å². The number of carboxylic acids is 1. The number of carboxylic acid groups (broad SMARTS) is 1. The summed E-state index contributed by atoms with van der Waals surface area (Å²) in [6.07, 6.45) is 0. The number of aromatic carboxylic acids is 1. The maximum absolute atomic E-state index is 10.7. The molecule has 1 aromatic carbocycles. The summed E-state index contributed by atoms with van der Waals surface area (Å²) < 4.78 is 4.68. The maximum atomic E-state index is 10.7. The van der Waals surface area contributed by atoms with Gasteiger partial charge in [0, 0.05) is 0 Å². The third-order valence-electron chi connectivity index (χ3n) is 1.79. The van der Waals surface area contributed by atoms with E-state index in [0.29, 0.717) is 15.5 Å². The molecule has 0 aromatic heterocycles. The molecule has 1 aromatic rings. The molecule has 4 N–H and O–H groups in total. The van der Waals surface area contributed by atoms with Crippen LogP contribution < -0.4 is 32.5 Å². The van der Waals surface area contributed by atoms with E-state index in [4.69, 9.17) is 10.8 Å². The second kappa shape index (κ2) is 4.47. The van der Waals surface area contributed by atoms with Crippen molar-refractivity contribution in [2.45, 2.75) is 0 Å². The molecule has 0 saturated carbocycles. The number of hydrogen-bond donors (Lipinski definition) is 3. The molecule has 0 atom stereocenters. The SMILES string of the molecule is NC1=NC(Nc2cccc(C(=O)O)c2)=N[I-]1. The van der Waals surface area contributed by atoms with E-state index in [-0.39, 0.29) is 5.56 Å². The summed E-state index contributed by atoms with van der Waals surface area (Å²) in [6.45, 7) is 0. The van der Waals surface area contributed by atoms with E-state index in [9.17, 15) is 4.79 Å². The molecule has 1 heterocycles. The van der Waals surface area contributed by atoms with Gasteiger partial charge in [0.15, 0.2) is 0 Å². The van der Waals surface area contributed by atoms with Crippen LogP contribution in [0.2, 0.25) is 0 Å². The Labute approximate surface area is 102 Å². The molecule has 84 valence electrons. The van der Waals surface area contributed by atoms with Gasteiger partial charge in [-0.15, -0.1) is 0 Å². The third kappa shape index (κ3) is 2.48. The van der Waals surface area contributed by atoms with Crippen LogP contribution in [0.15, 0.2) is 32.5 Å². The number of nitrogens with two attached hydrogens (primary N) is 1. The van der Waals surface area contributed by atoms with Gasteiger partial charge in [-0.3, -0.25) is 0 Å². The van der Waals surface area contributed by atoms with Crippen molar-refractivity contribution in [3.05, 3.63) is 29.8 Å². The van der Waals surface area contributed by atoms with Crippen LogP contribution >= 0.6 is 0 Å². The van der Waals surface area contributed by atoms with Gasteiger partial charge in [0.05, 0.1) is 0 Å². The average molecular weight is 331 g/mol. The molecule has 0 saturated heterocycles. The molecule has 1 aliphatic rings. The summed E-state index contributed by atoms with van der Waals surface area (Å²) in [7, 11) is 0. The number of benzene rings is 1. The Morgan fingerprint density at radius 3 is 2.94 bits per heavy atom. The predicted molar refractivity (Wildman–Crippen MR) is 56.1 cm³/mol. The first-order valence-corrected chi connectivity index (χ1v) is 6.36. The first-order valence-electron chi connectivity index (χ1n) is 4.32. The van der Waals surface area contributed by atoms with Crippen molar-refractivity contribution >= 4 is 21.5 Å². The van der Waals surface area contributed by atoms with Crippen LogP contribution in [0.25, 0.3) is 0 Å². The zero-order chi connectivity index (χ0) is 11.5. The zero-order valence-electron chi connectivity index (χ0n) is 8.01. The van der Waals surface area contributed by atoms with Gasteiger partial charge >= 0.3 is 102 Å². The van der Waals surface area contributed by atoms with Crippen LogP contribution in [0.4, 0.5) is 5.69 Å². The number of halogens is 1. The van der Waals surface area contributed by atoms with E-state index in [1.165, 1.54) is 12.1 Å². The summed E-state index contributed by atoms with van der Waals surface area (Å²) in [5, 5.41) is 11.7. The number of guanidine groups is 1. The second-order valence-electron chi connectivity index (χ2n) is 2.94. The molecule has 0 fully saturated rings.